The van der Waals surface area contributed by atoms with E-state index in [0.717, 1.165) is 36.2 Å². The quantitative estimate of drug-likeness (QED) is 0.670. The largest absolute Gasteiger partial charge is 0.269 e. The molecule has 1 aliphatic rings. The van der Waals surface area contributed by atoms with Crippen molar-refractivity contribution in [2.24, 2.45) is 5.92 Å². The van der Waals surface area contributed by atoms with Crippen molar-refractivity contribution < 1.29 is 0 Å². The minimum Gasteiger partial charge on any atom is -0.269 e. The average molecular weight is 214 g/mol. The van der Waals surface area contributed by atoms with Crippen molar-refractivity contribution in [2.75, 3.05) is 0 Å². The molecule has 0 spiro atoms. The van der Waals surface area contributed by atoms with E-state index in [-0.39, 0.29) is 5.56 Å². The van der Waals surface area contributed by atoms with Crippen LogP contribution in [0.4, 0.5) is 0 Å². The molecular weight excluding hydrogens is 200 g/mol. The summed E-state index contributed by atoms with van der Waals surface area (Å²) in [6.45, 7) is 2.22. The number of hydrogen-bond donors (Lipinski definition) is 0. The van der Waals surface area contributed by atoms with Gasteiger partial charge < -0.3 is 0 Å². The molecule has 82 valence electrons. The van der Waals surface area contributed by atoms with Gasteiger partial charge >= 0.3 is 0 Å². The maximum atomic E-state index is 12.2. The van der Waals surface area contributed by atoms with Crippen molar-refractivity contribution in [1.29, 1.82) is 0 Å². The molecule has 1 unspecified atom stereocenters. The summed E-state index contributed by atoms with van der Waals surface area (Å²) in [6, 6.07) is 5.68. The molecule has 3 heteroatoms. The predicted molar refractivity (Wildman–Crippen MR) is 62.7 cm³/mol. The summed E-state index contributed by atoms with van der Waals surface area (Å²) < 4.78 is 1.65. The Labute approximate surface area is 93.8 Å². The summed E-state index contributed by atoms with van der Waals surface area (Å²) in [5.41, 5.74) is 2.81. The van der Waals surface area contributed by atoms with Crippen LogP contribution in [0.15, 0.2) is 29.2 Å². The number of pyridine rings is 1. The van der Waals surface area contributed by atoms with Crippen LogP contribution >= 0.6 is 0 Å². The van der Waals surface area contributed by atoms with Crippen molar-refractivity contribution in [3.8, 4) is 0 Å². The van der Waals surface area contributed by atoms with Gasteiger partial charge in [-0.1, -0.05) is 13.0 Å². The van der Waals surface area contributed by atoms with Crippen molar-refractivity contribution in [3.05, 3.63) is 46.0 Å². The summed E-state index contributed by atoms with van der Waals surface area (Å²) in [4.78, 5) is 16.8. The fraction of sp³-hybridized carbons (Fsp3) is 0.385. The molecule has 0 aromatic carbocycles. The molecule has 2 aromatic heterocycles. The number of fused-ring (bicyclic) bond motifs is 2. The first-order chi connectivity index (χ1) is 7.75. The van der Waals surface area contributed by atoms with E-state index < -0.39 is 0 Å². The van der Waals surface area contributed by atoms with E-state index in [1.165, 1.54) is 0 Å². The molecule has 2 aromatic rings. The van der Waals surface area contributed by atoms with Gasteiger partial charge in [-0.25, -0.2) is 4.98 Å². The molecule has 0 bridgehead atoms. The van der Waals surface area contributed by atoms with Gasteiger partial charge in [0, 0.05) is 11.8 Å². The van der Waals surface area contributed by atoms with Gasteiger partial charge in [-0.15, -0.1) is 0 Å². The molecule has 0 saturated heterocycles. The van der Waals surface area contributed by atoms with Gasteiger partial charge in [-0.05, 0) is 37.3 Å². The molecule has 0 amide bonds. The van der Waals surface area contributed by atoms with Gasteiger partial charge in [-0.2, -0.15) is 0 Å². The lowest BCUT2D eigenvalue weighted by atomic mass is 9.89. The molecule has 0 aliphatic heterocycles. The second-order valence-electron chi connectivity index (χ2n) is 4.62. The van der Waals surface area contributed by atoms with E-state index in [1.807, 2.05) is 18.2 Å². The Kier molecular flexibility index (Phi) is 2.06. The number of aromatic nitrogens is 2. The molecule has 3 rings (SSSR count). The minimum absolute atomic E-state index is 0.118. The summed E-state index contributed by atoms with van der Waals surface area (Å²) in [5, 5.41) is 0. The molecule has 0 saturated carbocycles. The maximum Gasteiger partial charge on any atom is 0.261 e. The molecule has 0 radical (unpaired) electrons. The number of hydrogen-bond acceptors (Lipinski definition) is 2. The highest BCUT2D eigenvalue weighted by Crippen LogP contribution is 2.21. The zero-order chi connectivity index (χ0) is 11.1. The van der Waals surface area contributed by atoms with Crippen LogP contribution in [0.25, 0.3) is 5.65 Å². The van der Waals surface area contributed by atoms with Gasteiger partial charge in [0.15, 0.2) is 0 Å². The Morgan fingerprint density at radius 3 is 3.19 bits per heavy atom. The van der Waals surface area contributed by atoms with Crippen LogP contribution in [0.2, 0.25) is 0 Å². The Morgan fingerprint density at radius 1 is 1.44 bits per heavy atom. The van der Waals surface area contributed by atoms with Crippen LogP contribution in [-0.4, -0.2) is 9.38 Å². The monoisotopic (exact) mass is 214 g/mol. The molecular formula is C13H14N2O. The predicted octanol–water partition coefficient (Wildman–Crippen LogP) is 1.82. The van der Waals surface area contributed by atoms with Crippen LogP contribution in [0.3, 0.4) is 0 Å². The van der Waals surface area contributed by atoms with Crippen LogP contribution in [0.1, 0.15) is 24.6 Å². The Balaban J connectivity index is 2.33. The third kappa shape index (κ3) is 1.35. The standard InChI is InChI=1S/C13H14N2O/c1-9-5-6-10-11(8-9)14-12-4-2-3-7-15(12)13(10)16/h2-4,7,9H,5-6,8H2,1H3. The van der Waals surface area contributed by atoms with Crippen LogP contribution in [0.5, 0.6) is 0 Å². The van der Waals surface area contributed by atoms with E-state index in [4.69, 9.17) is 0 Å². The smallest absolute Gasteiger partial charge is 0.261 e. The van der Waals surface area contributed by atoms with Gasteiger partial charge in [0.2, 0.25) is 0 Å². The fourth-order valence-electron chi connectivity index (χ4n) is 2.41. The zero-order valence-corrected chi connectivity index (χ0v) is 9.31. The van der Waals surface area contributed by atoms with E-state index in [2.05, 4.69) is 11.9 Å². The van der Waals surface area contributed by atoms with Crippen molar-refractivity contribution in [2.45, 2.75) is 26.2 Å². The lowest BCUT2D eigenvalue weighted by Crippen LogP contribution is -2.26. The molecule has 0 fully saturated rings. The average Bonchev–Trinajstić information content (AvgIpc) is 2.29. The van der Waals surface area contributed by atoms with Gasteiger partial charge in [0.25, 0.3) is 5.56 Å². The highest BCUT2D eigenvalue weighted by Gasteiger charge is 2.20. The molecule has 0 N–H and O–H groups in total. The minimum atomic E-state index is 0.118. The number of rotatable bonds is 0. The zero-order valence-electron chi connectivity index (χ0n) is 9.31. The normalized spacial score (nSPS) is 19.7. The summed E-state index contributed by atoms with van der Waals surface area (Å²) >= 11 is 0. The first-order valence-corrected chi connectivity index (χ1v) is 5.75. The van der Waals surface area contributed by atoms with Crippen LogP contribution in [-0.2, 0) is 12.8 Å². The Hall–Kier alpha value is -1.64. The molecule has 2 heterocycles. The van der Waals surface area contributed by atoms with E-state index in [9.17, 15) is 4.79 Å². The Morgan fingerprint density at radius 2 is 2.31 bits per heavy atom. The van der Waals surface area contributed by atoms with Gasteiger partial charge in [0.1, 0.15) is 5.65 Å². The van der Waals surface area contributed by atoms with E-state index in [1.54, 1.807) is 10.6 Å². The topological polar surface area (TPSA) is 34.4 Å². The SMILES string of the molecule is CC1CCc2c(nc3ccccn3c2=O)C1. The maximum absolute atomic E-state index is 12.2. The van der Waals surface area contributed by atoms with Crippen LogP contribution in [0, 0.1) is 5.92 Å². The lowest BCUT2D eigenvalue weighted by molar-refractivity contribution is 0.488. The lowest BCUT2D eigenvalue weighted by Gasteiger charge is -2.20. The third-order valence-electron chi connectivity index (χ3n) is 3.34. The summed E-state index contributed by atoms with van der Waals surface area (Å²) in [6.07, 6.45) is 4.71. The molecule has 1 aliphatic carbocycles. The van der Waals surface area contributed by atoms with Crippen LogP contribution < -0.4 is 5.56 Å². The highest BCUT2D eigenvalue weighted by molar-refractivity contribution is 5.41. The first kappa shape index (κ1) is 9.58. The van der Waals surface area contributed by atoms with E-state index in [0.29, 0.717) is 5.92 Å². The second-order valence-corrected chi connectivity index (χ2v) is 4.62. The van der Waals surface area contributed by atoms with E-state index >= 15 is 0 Å². The van der Waals surface area contributed by atoms with Gasteiger partial charge in [0.05, 0.1) is 5.69 Å². The highest BCUT2D eigenvalue weighted by atomic mass is 16.1. The summed E-state index contributed by atoms with van der Waals surface area (Å²) in [7, 11) is 0. The molecule has 16 heavy (non-hydrogen) atoms. The van der Waals surface area contributed by atoms with Crippen molar-refractivity contribution in [3.63, 3.8) is 0 Å². The second kappa shape index (κ2) is 3.44. The summed E-state index contributed by atoms with van der Waals surface area (Å²) in [5.74, 6) is 0.644. The Bertz CT molecular complexity index is 600. The fourth-order valence-corrected chi connectivity index (χ4v) is 2.41. The van der Waals surface area contributed by atoms with Gasteiger partial charge in [-0.3, -0.25) is 9.20 Å². The third-order valence-corrected chi connectivity index (χ3v) is 3.34. The number of nitrogens with zero attached hydrogens (tertiary/aromatic N) is 2. The molecule has 3 nitrogen and oxygen atoms in total. The first-order valence-electron chi connectivity index (χ1n) is 5.75. The van der Waals surface area contributed by atoms with Crippen molar-refractivity contribution in [1.82, 2.24) is 9.38 Å². The van der Waals surface area contributed by atoms with Crippen molar-refractivity contribution >= 4 is 5.65 Å². The molecule has 1 atom stereocenters.